The fraction of sp³-hybridized carbons (Fsp3) is 0.136. The van der Waals surface area contributed by atoms with Gasteiger partial charge in [0.05, 0.1) is 32.7 Å². The minimum Gasteiger partial charge on any atom is -0.497 e. The van der Waals surface area contributed by atoms with E-state index in [9.17, 15) is 0 Å². The first-order chi connectivity index (χ1) is 14.1. The molecular formula is C22H20N2O4S. The van der Waals surface area contributed by atoms with Gasteiger partial charge in [-0.25, -0.2) is 0 Å². The number of nitrogens with one attached hydrogen (secondary N) is 2. The number of anilines is 2. The maximum atomic E-state index is 5.96. The van der Waals surface area contributed by atoms with Crippen LogP contribution in [0.3, 0.4) is 0 Å². The van der Waals surface area contributed by atoms with Gasteiger partial charge in [0, 0.05) is 22.9 Å². The van der Waals surface area contributed by atoms with Crippen molar-refractivity contribution in [3.05, 3.63) is 54.6 Å². The summed E-state index contributed by atoms with van der Waals surface area (Å²) in [5.41, 5.74) is 2.99. The first kappa shape index (κ1) is 18.9. The van der Waals surface area contributed by atoms with Crippen LogP contribution in [-0.4, -0.2) is 26.4 Å². The van der Waals surface area contributed by atoms with Crippen molar-refractivity contribution in [1.29, 1.82) is 0 Å². The molecule has 4 rings (SSSR count). The van der Waals surface area contributed by atoms with Crippen LogP contribution < -0.4 is 24.8 Å². The van der Waals surface area contributed by atoms with E-state index in [1.54, 1.807) is 27.4 Å². The van der Waals surface area contributed by atoms with Gasteiger partial charge in [0.1, 0.15) is 28.4 Å². The minimum atomic E-state index is 0.391. The predicted molar refractivity (Wildman–Crippen MR) is 120 cm³/mol. The van der Waals surface area contributed by atoms with Crippen LogP contribution in [0.5, 0.6) is 17.2 Å². The Morgan fingerprint density at radius 3 is 2.24 bits per heavy atom. The van der Waals surface area contributed by atoms with Gasteiger partial charge in [-0.3, -0.25) is 0 Å². The van der Waals surface area contributed by atoms with Gasteiger partial charge < -0.3 is 29.3 Å². The average molecular weight is 408 g/mol. The summed E-state index contributed by atoms with van der Waals surface area (Å²) in [5, 5.41) is 8.73. The fourth-order valence-corrected chi connectivity index (χ4v) is 3.42. The van der Waals surface area contributed by atoms with Gasteiger partial charge in [-0.2, -0.15) is 0 Å². The summed E-state index contributed by atoms with van der Waals surface area (Å²) in [6, 6.07) is 17.2. The second-order valence-electron chi connectivity index (χ2n) is 6.29. The third-order valence-electron chi connectivity index (χ3n) is 4.60. The summed E-state index contributed by atoms with van der Waals surface area (Å²) in [7, 11) is 4.82. The zero-order valence-corrected chi connectivity index (χ0v) is 17.1. The van der Waals surface area contributed by atoms with E-state index < -0.39 is 0 Å². The third-order valence-corrected chi connectivity index (χ3v) is 4.81. The highest BCUT2D eigenvalue weighted by Gasteiger charge is 2.14. The van der Waals surface area contributed by atoms with E-state index in [0.717, 1.165) is 27.6 Å². The zero-order chi connectivity index (χ0) is 20.4. The molecule has 0 unspecified atom stereocenters. The maximum absolute atomic E-state index is 5.96. The summed E-state index contributed by atoms with van der Waals surface area (Å²) in [6.45, 7) is 0. The van der Waals surface area contributed by atoms with Crippen LogP contribution >= 0.6 is 12.2 Å². The second-order valence-corrected chi connectivity index (χ2v) is 6.70. The van der Waals surface area contributed by atoms with Gasteiger partial charge in [-0.1, -0.05) is 18.2 Å². The number of methoxy groups -OCH3 is 3. The topological polar surface area (TPSA) is 64.9 Å². The van der Waals surface area contributed by atoms with Crippen LogP contribution in [0.2, 0.25) is 0 Å². The number of furan rings is 1. The van der Waals surface area contributed by atoms with Gasteiger partial charge in [-0.05, 0) is 36.5 Å². The van der Waals surface area contributed by atoms with Crippen molar-refractivity contribution in [2.75, 3.05) is 32.0 Å². The monoisotopic (exact) mass is 408 g/mol. The molecule has 1 heterocycles. The van der Waals surface area contributed by atoms with Crippen LogP contribution in [-0.2, 0) is 0 Å². The highest BCUT2D eigenvalue weighted by Crippen LogP contribution is 2.36. The van der Waals surface area contributed by atoms with Crippen molar-refractivity contribution in [2.24, 2.45) is 0 Å². The third kappa shape index (κ3) is 3.64. The van der Waals surface area contributed by atoms with Crippen molar-refractivity contribution >= 4 is 50.6 Å². The first-order valence-corrected chi connectivity index (χ1v) is 9.33. The molecule has 0 aliphatic carbocycles. The van der Waals surface area contributed by atoms with E-state index in [-0.39, 0.29) is 0 Å². The second kappa shape index (κ2) is 7.89. The molecule has 0 aliphatic rings. The highest BCUT2D eigenvalue weighted by molar-refractivity contribution is 7.80. The van der Waals surface area contributed by atoms with Gasteiger partial charge in [-0.15, -0.1) is 0 Å². The van der Waals surface area contributed by atoms with Gasteiger partial charge in [0.15, 0.2) is 5.11 Å². The molecule has 6 nitrogen and oxygen atoms in total. The molecule has 0 atom stereocenters. The summed E-state index contributed by atoms with van der Waals surface area (Å²) < 4.78 is 22.2. The predicted octanol–water partition coefficient (Wildman–Crippen LogP) is 5.42. The van der Waals surface area contributed by atoms with Crippen LogP contribution in [0.25, 0.3) is 21.9 Å². The number of benzene rings is 3. The Balaban J connectivity index is 1.63. The number of rotatable bonds is 5. The van der Waals surface area contributed by atoms with E-state index in [1.165, 1.54) is 0 Å². The van der Waals surface area contributed by atoms with Crippen LogP contribution in [0.15, 0.2) is 59.0 Å². The van der Waals surface area contributed by atoms with Crippen molar-refractivity contribution in [3.63, 3.8) is 0 Å². The van der Waals surface area contributed by atoms with Crippen molar-refractivity contribution in [1.82, 2.24) is 0 Å². The quantitative estimate of drug-likeness (QED) is 0.427. The molecule has 1 aromatic heterocycles. The molecule has 0 saturated carbocycles. The standard InChI is InChI=1S/C22H20N2O4S/c1-25-13-8-9-16(20(10-13)26-2)23-22(29)24-17-12-19-15(11-21(17)27-3)14-6-4-5-7-18(14)28-19/h4-12H,1-3H3,(H2,23,24,29). The summed E-state index contributed by atoms with van der Waals surface area (Å²) >= 11 is 5.49. The van der Waals surface area contributed by atoms with Crippen molar-refractivity contribution in [2.45, 2.75) is 0 Å². The number of ether oxygens (including phenoxy) is 3. The SMILES string of the molecule is COc1ccc(NC(=S)Nc2cc3oc4ccccc4c3cc2OC)c(OC)c1. The summed E-state index contributed by atoms with van der Waals surface area (Å²) in [4.78, 5) is 0. The fourth-order valence-electron chi connectivity index (χ4n) is 3.20. The Morgan fingerprint density at radius 1 is 0.759 bits per heavy atom. The molecule has 29 heavy (non-hydrogen) atoms. The molecule has 0 saturated heterocycles. The lowest BCUT2D eigenvalue weighted by Gasteiger charge is -2.16. The first-order valence-electron chi connectivity index (χ1n) is 8.92. The molecule has 148 valence electrons. The average Bonchev–Trinajstić information content (AvgIpc) is 3.10. The molecule has 7 heteroatoms. The molecule has 3 aromatic carbocycles. The lowest BCUT2D eigenvalue weighted by molar-refractivity contribution is 0.395. The van der Waals surface area contributed by atoms with Crippen molar-refractivity contribution in [3.8, 4) is 17.2 Å². The number of thiocarbonyl (C=S) groups is 1. The number of hydrogen-bond donors (Lipinski definition) is 2. The Labute approximate surface area is 173 Å². The Bertz CT molecular complexity index is 1200. The number of para-hydroxylation sites is 1. The normalized spacial score (nSPS) is 10.7. The zero-order valence-electron chi connectivity index (χ0n) is 16.2. The molecular weight excluding hydrogens is 388 g/mol. The molecule has 0 spiro atoms. The van der Waals surface area contributed by atoms with Crippen molar-refractivity contribution < 1.29 is 18.6 Å². The van der Waals surface area contributed by atoms with E-state index in [0.29, 0.717) is 28.0 Å². The summed E-state index contributed by atoms with van der Waals surface area (Å²) in [5.74, 6) is 1.98. The summed E-state index contributed by atoms with van der Waals surface area (Å²) in [6.07, 6.45) is 0. The smallest absolute Gasteiger partial charge is 0.175 e. The lowest BCUT2D eigenvalue weighted by atomic mass is 10.1. The van der Waals surface area contributed by atoms with Crippen LogP contribution in [0, 0.1) is 0 Å². The van der Waals surface area contributed by atoms with Gasteiger partial charge in [0.2, 0.25) is 0 Å². The Hall–Kier alpha value is -3.45. The van der Waals surface area contributed by atoms with E-state index in [4.69, 9.17) is 30.8 Å². The van der Waals surface area contributed by atoms with Gasteiger partial charge in [0.25, 0.3) is 0 Å². The van der Waals surface area contributed by atoms with E-state index >= 15 is 0 Å². The molecule has 4 aromatic rings. The Kier molecular flexibility index (Phi) is 5.14. The lowest BCUT2D eigenvalue weighted by Crippen LogP contribution is -2.19. The van der Waals surface area contributed by atoms with E-state index in [2.05, 4.69) is 10.6 Å². The van der Waals surface area contributed by atoms with Gasteiger partial charge >= 0.3 is 0 Å². The highest BCUT2D eigenvalue weighted by atomic mass is 32.1. The molecule has 0 radical (unpaired) electrons. The van der Waals surface area contributed by atoms with Crippen LogP contribution in [0.4, 0.5) is 11.4 Å². The Morgan fingerprint density at radius 2 is 1.48 bits per heavy atom. The molecule has 0 bridgehead atoms. The molecule has 0 fully saturated rings. The maximum Gasteiger partial charge on any atom is 0.175 e. The van der Waals surface area contributed by atoms with Crippen LogP contribution in [0.1, 0.15) is 0 Å². The molecule has 0 amide bonds. The minimum absolute atomic E-state index is 0.391. The molecule has 0 aliphatic heterocycles. The number of hydrogen-bond acceptors (Lipinski definition) is 5. The molecule has 2 N–H and O–H groups in total. The van der Waals surface area contributed by atoms with E-state index in [1.807, 2.05) is 48.5 Å². The number of fused-ring (bicyclic) bond motifs is 3. The largest absolute Gasteiger partial charge is 0.497 e.